The highest BCUT2D eigenvalue weighted by atomic mass is 16.5. The van der Waals surface area contributed by atoms with Crippen molar-refractivity contribution >= 4 is 18.0 Å². The van der Waals surface area contributed by atoms with Crippen LogP contribution in [0.1, 0.15) is 68.9 Å². The Labute approximate surface area is 205 Å². The summed E-state index contributed by atoms with van der Waals surface area (Å²) in [6, 6.07) is 15.3. The van der Waals surface area contributed by atoms with Crippen molar-refractivity contribution < 1.29 is 24.2 Å². The second kappa shape index (κ2) is 9.02. The predicted octanol–water partition coefficient (Wildman–Crippen LogP) is 4.60. The van der Waals surface area contributed by atoms with Crippen LogP contribution in [0.2, 0.25) is 0 Å². The molecule has 3 aliphatic rings. The lowest BCUT2D eigenvalue weighted by atomic mass is 9.48. The molecule has 35 heavy (non-hydrogen) atoms. The fourth-order valence-electron chi connectivity index (χ4n) is 6.24. The van der Waals surface area contributed by atoms with Gasteiger partial charge < -0.3 is 20.5 Å². The van der Waals surface area contributed by atoms with Gasteiger partial charge in [0.25, 0.3) is 0 Å². The van der Waals surface area contributed by atoms with Crippen molar-refractivity contribution in [1.82, 2.24) is 10.6 Å². The van der Waals surface area contributed by atoms with Gasteiger partial charge in [0.2, 0.25) is 5.91 Å². The highest BCUT2D eigenvalue weighted by molar-refractivity contribution is 5.94. The standard InChI is InChI=1S/C28H32N2O5/c1-2-8-23(24(31)32)29-25(33)28(16-27(17-28)13-7-14-27)30-26(34)35-15-22-20-11-5-3-9-18(20)19-10-4-6-12-21(19)22/h3-6,9-12,22-23H,2,7-8,13-17H2,1H3,(H,29,33)(H,30,34)(H,31,32)/t23-/m0/s1. The van der Waals surface area contributed by atoms with Crippen LogP contribution in [0, 0.1) is 5.41 Å². The number of carboxylic acids is 1. The van der Waals surface area contributed by atoms with Gasteiger partial charge in [-0.3, -0.25) is 4.79 Å². The number of hydrogen-bond donors (Lipinski definition) is 3. The minimum atomic E-state index is -1.12. The molecule has 0 aromatic heterocycles. The van der Waals surface area contributed by atoms with E-state index in [1.807, 2.05) is 31.2 Å². The fourth-order valence-corrected chi connectivity index (χ4v) is 6.24. The Hall–Kier alpha value is -3.35. The number of rotatable bonds is 8. The van der Waals surface area contributed by atoms with Crippen LogP contribution in [0.3, 0.4) is 0 Å². The van der Waals surface area contributed by atoms with Gasteiger partial charge in [-0.25, -0.2) is 9.59 Å². The van der Waals surface area contributed by atoms with E-state index in [1.54, 1.807) is 0 Å². The summed E-state index contributed by atoms with van der Waals surface area (Å²) in [6.45, 7) is 2.04. The van der Waals surface area contributed by atoms with E-state index in [0.717, 1.165) is 41.5 Å². The topological polar surface area (TPSA) is 105 Å². The summed E-state index contributed by atoms with van der Waals surface area (Å²) in [4.78, 5) is 37.8. The third-order valence-electron chi connectivity index (χ3n) is 8.07. The molecule has 1 atom stereocenters. The molecule has 2 fully saturated rings. The lowest BCUT2D eigenvalue weighted by molar-refractivity contribution is -0.150. The van der Waals surface area contributed by atoms with Gasteiger partial charge in [0, 0.05) is 5.92 Å². The number of hydrogen-bond acceptors (Lipinski definition) is 4. The molecule has 2 aromatic carbocycles. The van der Waals surface area contributed by atoms with Crippen molar-refractivity contribution in [3.8, 4) is 11.1 Å². The van der Waals surface area contributed by atoms with Crippen LogP contribution >= 0.6 is 0 Å². The summed E-state index contributed by atoms with van der Waals surface area (Å²) in [5, 5.41) is 15.0. The lowest BCUT2D eigenvalue weighted by Crippen LogP contribution is -2.71. The minimum absolute atomic E-state index is 0.0711. The van der Waals surface area contributed by atoms with Crippen molar-refractivity contribution in [1.29, 1.82) is 0 Å². The Kier molecular flexibility index (Phi) is 6.03. The summed E-state index contributed by atoms with van der Waals surface area (Å²) in [6.07, 6.45) is 4.57. The van der Waals surface area contributed by atoms with Crippen LogP contribution < -0.4 is 10.6 Å². The second-order valence-corrected chi connectivity index (χ2v) is 10.4. The molecule has 0 bridgehead atoms. The number of carboxylic acid groups (broad SMARTS) is 1. The molecule has 2 amide bonds. The van der Waals surface area contributed by atoms with Crippen LogP contribution in [0.15, 0.2) is 48.5 Å². The van der Waals surface area contributed by atoms with E-state index in [0.29, 0.717) is 25.7 Å². The first-order chi connectivity index (χ1) is 16.9. The minimum Gasteiger partial charge on any atom is -0.480 e. The molecule has 7 heteroatoms. The summed E-state index contributed by atoms with van der Waals surface area (Å²) in [5.74, 6) is -1.56. The van der Waals surface area contributed by atoms with Crippen LogP contribution in [-0.4, -0.2) is 41.3 Å². The van der Waals surface area contributed by atoms with Crippen molar-refractivity contribution in [3.63, 3.8) is 0 Å². The average Bonchev–Trinajstić information content (AvgIpc) is 3.12. The highest BCUT2D eigenvalue weighted by Gasteiger charge is 2.62. The molecule has 0 saturated heterocycles. The van der Waals surface area contributed by atoms with Gasteiger partial charge in [-0.05, 0) is 59.8 Å². The van der Waals surface area contributed by atoms with Crippen molar-refractivity contribution in [2.45, 2.75) is 69.4 Å². The molecular weight excluding hydrogens is 444 g/mol. The van der Waals surface area contributed by atoms with Gasteiger partial charge in [0.1, 0.15) is 18.2 Å². The Morgan fingerprint density at radius 2 is 1.63 bits per heavy atom. The van der Waals surface area contributed by atoms with Crippen LogP contribution in [0.4, 0.5) is 4.79 Å². The number of nitrogens with one attached hydrogen (secondary N) is 2. The van der Waals surface area contributed by atoms with E-state index in [1.165, 1.54) is 0 Å². The first kappa shape index (κ1) is 23.4. The zero-order valence-corrected chi connectivity index (χ0v) is 20.0. The number of alkyl carbamates (subject to hydrolysis) is 1. The molecule has 7 nitrogen and oxygen atoms in total. The molecule has 0 aliphatic heterocycles. The number of carbonyl (C=O) groups is 3. The maximum Gasteiger partial charge on any atom is 0.408 e. The van der Waals surface area contributed by atoms with Gasteiger partial charge >= 0.3 is 12.1 Å². The van der Waals surface area contributed by atoms with Gasteiger partial charge in [0.15, 0.2) is 0 Å². The number of carbonyl (C=O) groups excluding carboxylic acids is 2. The molecule has 0 heterocycles. The Morgan fingerprint density at radius 1 is 1.03 bits per heavy atom. The van der Waals surface area contributed by atoms with Crippen LogP contribution in [-0.2, 0) is 14.3 Å². The maximum absolute atomic E-state index is 13.2. The second-order valence-electron chi connectivity index (χ2n) is 10.4. The molecule has 5 rings (SSSR count). The Bertz CT molecular complexity index is 1100. The summed E-state index contributed by atoms with van der Waals surface area (Å²) in [7, 11) is 0. The molecule has 2 saturated carbocycles. The van der Waals surface area contributed by atoms with E-state index in [9.17, 15) is 19.5 Å². The van der Waals surface area contributed by atoms with E-state index < -0.39 is 29.6 Å². The fraction of sp³-hybridized carbons (Fsp3) is 0.464. The van der Waals surface area contributed by atoms with E-state index in [2.05, 4.69) is 34.9 Å². The monoisotopic (exact) mass is 476 g/mol. The molecule has 1 spiro atoms. The van der Waals surface area contributed by atoms with E-state index in [4.69, 9.17) is 4.74 Å². The van der Waals surface area contributed by atoms with Crippen molar-refractivity contribution in [2.24, 2.45) is 5.41 Å². The number of aliphatic carboxylic acids is 1. The number of ether oxygens (including phenoxy) is 1. The maximum atomic E-state index is 13.2. The molecule has 0 unspecified atom stereocenters. The quantitative estimate of drug-likeness (QED) is 0.517. The largest absolute Gasteiger partial charge is 0.480 e. The van der Waals surface area contributed by atoms with Gasteiger partial charge in [-0.2, -0.15) is 0 Å². The zero-order valence-electron chi connectivity index (χ0n) is 20.0. The average molecular weight is 477 g/mol. The third-order valence-corrected chi connectivity index (χ3v) is 8.07. The lowest BCUT2D eigenvalue weighted by Gasteiger charge is -2.59. The zero-order chi connectivity index (χ0) is 24.6. The van der Waals surface area contributed by atoms with Crippen molar-refractivity contribution in [2.75, 3.05) is 6.61 Å². The number of fused-ring (bicyclic) bond motifs is 3. The number of amides is 2. The molecule has 3 aliphatic carbocycles. The van der Waals surface area contributed by atoms with Gasteiger partial charge in [-0.15, -0.1) is 0 Å². The van der Waals surface area contributed by atoms with Crippen LogP contribution in [0.5, 0.6) is 0 Å². The highest BCUT2D eigenvalue weighted by Crippen LogP contribution is 2.60. The predicted molar refractivity (Wildman–Crippen MR) is 131 cm³/mol. The summed E-state index contributed by atoms with van der Waals surface area (Å²) >= 11 is 0. The smallest absolute Gasteiger partial charge is 0.408 e. The van der Waals surface area contributed by atoms with E-state index >= 15 is 0 Å². The Morgan fingerprint density at radius 3 is 2.14 bits per heavy atom. The van der Waals surface area contributed by atoms with Gasteiger partial charge in [-0.1, -0.05) is 68.3 Å². The normalized spacial score (nSPS) is 19.5. The summed E-state index contributed by atoms with van der Waals surface area (Å²) < 4.78 is 5.69. The van der Waals surface area contributed by atoms with Crippen molar-refractivity contribution in [3.05, 3.63) is 59.7 Å². The SMILES string of the molecule is CCC[C@H](NC(=O)C1(NC(=O)OCC2c3ccccc3-c3ccccc32)CC2(CCC2)C1)C(=O)O. The first-order valence-corrected chi connectivity index (χ1v) is 12.5. The molecule has 3 N–H and O–H groups in total. The first-order valence-electron chi connectivity index (χ1n) is 12.5. The van der Waals surface area contributed by atoms with E-state index in [-0.39, 0.29) is 17.9 Å². The summed E-state index contributed by atoms with van der Waals surface area (Å²) in [5.41, 5.74) is 3.50. The third kappa shape index (κ3) is 4.17. The molecule has 2 aromatic rings. The Balaban J connectivity index is 1.28. The van der Waals surface area contributed by atoms with Gasteiger partial charge in [0.05, 0.1) is 0 Å². The van der Waals surface area contributed by atoms with Crippen LogP contribution in [0.25, 0.3) is 11.1 Å². The molecular formula is C28H32N2O5. The molecule has 0 radical (unpaired) electrons. The molecule has 184 valence electrons. The number of benzene rings is 2.